The van der Waals surface area contributed by atoms with Crippen molar-refractivity contribution in [2.75, 3.05) is 0 Å². The molecule has 0 spiro atoms. The van der Waals surface area contributed by atoms with Crippen LogP contribution in [0.25, 0.3) is 16.5 Å². The van der Waals surface area contributed by atoms with Crippen LogP contribution in [0.5, 0.6) is 0 Å². The zero-order chi connectivity index (χ0) is 12.5. The first-order chi connectivity index (χ1) is 8.81. The molecule has 86 valence electrons. The highest BCUT2D eigenvalue weighted by Gasteiger charge is 2.11. The highest BCUT2D eigenvalue weighted by Crippen LogP contribution is 2.25. The minimum absolute atomic E-state index is 0.439. The van der Waals surface area contributed by atoms with Gasteiger partial charge in [-0.3, -0.25) is 0 Å². The lowest BCUT2D eigenvalue weighted by Gasteiger charge is -2.10. The maximum absolute atomic E-state index is 9.08. The number of hydrogen-bond donors (Lipinski definition) is 0. The van der Waals surface area contributed by atoms with E-state index in [1.165, 1.54) is 6.20 Å². The van der Waals surface area contributed by atoms with Gasteiger partial charge in [0.1, 0.15) is 6.07 Å². The van der Waals surface area contributed by atoms with E-state index in [2.05, 4.69) is 22.4 Å². The Labute approximate surface area is 104 Å². The van der Waals surface area contributed by atoms with Gasteiger partial charge in [-0.05, 0) is 17.9 Å². The van der Waals surface area contributed by atoms with Crippen molar-refractivity contribution in [3.63, 3.8) is 0 Å². The molecule has 0 saturated carbocycles. The molecule has 0 aliphatic heterocycles. The fourth-order valence-corrected chi connectivity index (χ4v) is 2.12. The van der Waals surface area contributed by atoms with Crippen LogP contribution < -0.4 is 0 Å². The van der Waals surface area contributed by atoms with Gasteiger partial charge >= 0.3 is 0 Å². The summed E-state index contributed by atoms with van der Waals surface area (Å²) in [6.07, 6.45) is 1.47. The lowest BCUT2D eigenvalue weighted by molar-refractivity contribution is 0.796. The number of aryl methyl sites for hydroxylation is 1. The summed E-state index contributed by atoms with van der Waals surface area (Å²) in [5, 5.41) is 19.1. The van der Waals surface area contributed by atoms with E-state index < -0.39 is 0 Å². The number of nitriles is 1. The van der Waals surface area contributed by atoms with Gasteiger partial charge in [0.05, 0.1) is 11.9 Å². The van der Waals surface area contributed by atoms with Crippen molar-refractivity contribution in [3.05, 3.63) is 53.9 Å². The van der Waals surface area contributed by atoms with Gasteiger partial charge in [0.15, 0.2) is 5.69 Å². The van der Waals surface area contributed by atoms with Crippen LogP contribution in [0, 0.1) is 18.3 Å². The molecule has 4 nitrogen and oxygen atoms in total. The van der Waals surface area contributed by atoms with Crippen molar-refractivity contribution >= 4 is 10.8 Å². The van der Waals surface area contributed by atoms with Crippen LogP contribution in [0.1, 0.15) is 11.3 Å². The van der Waals surface area contributed by atoms with E-state index in [-0.39, 0.29) is 0 Å². The lowest BCUT2D eigenvalue weighted by Crippen LogP contribution is -2.03. The second-order valence-corrected chi connectivity index (χ2v) is 4.10. The average molecular weight is 234 g/mol. The molecule has 0 N–H and O–H groups in total. The van der Waals surface area contributed by atoms with E-state index in [4.69, 9.17) is 5.26 Å². The quantitative estimate of drug-likeness (QED) is 0.650. The summed E-state index contributed by atoms with van der Waals surface area (Å²) in [5.74, 6) is 0. The minimum Gasteiger partial charge on any atom is -0.202 e. The summed E-state index contributed by atoms with van der Waals surface area (Å²) < 4.78 is 1.59. The summed E-state index contributed by atoms with van der Waals surface area (Å²) in [4.78, 5) is 0. The maximum Gasteiger partial charge on any atom is 0.164 e. The molecule has 0 atom stereocenters. The molecule has 4 heteroatoms. The van der Waals surface area contributed by atoms with Crippen LogP contribution in [-0.4, -0.2) is 15.0 Å². The molecule has 18 heavy (non-hydrogen) atoms. The predicted octanol–water partition coefficient (Wildman–Crippen LogP) is 2.60. The van der Waals surface area contributed by atoms with E-state index in [1.54, 1.807) is 4.68 Å². The molecular weight excluding hydrogens is 224 g/mol. The second-order valence-electron chi connectivity index (χ2n) is 4.10. The highest BCUT2D eigenvalue weighted by atomic mass is 15.4. The third-order valence-electron chi connectivity index (χ3n) is 2.98. The summed E-state index contributed by atoms with van der Waals surface area (Å²) in [6.45, 7) is 2.00. The van der Waals surface area contributed by atoms with Crippen LogP contribution in [0.15, 0.2) is 42.6 Å². The Balaban J connectivity index is 2.42. The molecular formula is C14H10N4. The third-order valence-corrected chi connectivity index (χ3v) is 2.98. The largest absolute Gasteiger partial charge is 0.202 e. The van der Waals surface area contributed by atoms with Crippen molar-refractivity contribution in [1.82, 2.24) is 15.0 Å². The van der Waals surface area contributed by atoms with Crippen LogP contribution in [0.3, 0.4) is 0 Å². The smallest absolute Gasteiger partial charge is 0.164 e. The van der Waals surface area contributed by atoms with Crippen molar-refractivity contribution < 1.29 is 0 Å². The molecule has 3 aromatic rings. The molecule has 2 aromatic carbocycles. The minimum atomic E-state index is 0.439. The van der Waals surface area contributed by atoms with Crippen LogP contribution in [0.2, 0.25) is 0 Å². The second kappa shape index (κ2) is 3.97. The van der Waals surface area contributed by atoms with Gasteiger partial charge in [-0.25, -0.2) is 4.68 Å². The van der Waals surface area contributed by atoms with E-state index in [1.807, 2.05) is 37.3 Å². The zero-order valence-corrected chi connectivity index (χ0v) is 9.83. The third kappa shape index (κ3) is 1.45. The number of benzene rings is 2. The number of fused-ring (bicyclic) bond motifs is 1. The molecule has 0 unspecified atom stereocenters. The number of hydrogen-bond acceptors (Lipinski definition) is 3. The predicted molar refractivity (Wildman–Crippen MR) is 68.3 cm³/mol. The molecule has 0 fully saturated rings. The van der Waals surface area contributed by atoms with Gasteiger partial charge in [0, 0.05) is 5.39 Å². The Morgan fingerprint density at radius 1 is 1.17 bits per heavy atom. The molecule has 0 aliphatic carbocycles. The fraction of sp³-hybridized carbons (Fsp3) is 0.0714. The van der Waals surface area contributed by atoms with E-state index in [0.29, 0.717) is 5.69 Å². The number of rotatable bonds is 1. The van der Waals surface area contributed by atoms with Crippen molar-refractivity contribution in [3.8, 4) is 11.8 Å². The summed E-state index contributed by atoms with van der Waals surface area (Å²) in [5.41, 5.74) is 2.42. The zero-order valence-electron chi connectivity index (χ0n) is 9.83. The Morgan fingerprint density at radius 2 is 2.00 bits per heavy atom. The van der Waals surface area contributed by atoms with Gasteiger partial charge in [0.2, 0.25) is 0 Å². The van der Waals surface area contributed by atoms with E-state index in [0.717, 1.165) is 22.0 Å². The standard InChI is InChI=1S/C14H10N4/c1-10-6-7-11-4-2-3-5-13(11)14(10)18-12(8-15)9-16-17-18/h2-7,9H,1H3. The molecule has 3 rings (SSSR count). The van der Waals surface area contributed by atoms with Gasteiger partial charge < -0.3 is 0 Å². The first-order valence-corrected chi connectivity index (χ1v) is 5.61. The van der Waals surface area contributed by atoms with Crippen molar-refractivity contribution in [2.45, 2.75) is 6.92 Å². The molecule has 1 heterocycles. The number of nitrogens with zero attached hydrogens (tertiary/aromatic N) is 4. The van der Waals surface area contributed by atoms with Crippen molar-refractivity contribution in [1.29, 1.82) is 5.26 Å². The molecule has 0 bridgehead atoms. The fourth-order valence-electron chi connectivity index (χ4n) is 2.12. The first-order valence-electron chi connectivity index (χ1n) is 5.61. The summed E-state index contributed by atoms with van der Waals surface area (Å²) in [6, 6.07) is 14.2. The van der Waals surface area contributed by atoms with Crippen LogP contribution in [-0.2, 0) is 0 Å². The van der Waals surface area contributed by atoms with Gasteiger partial charge in [-0.15, -0.1) is 5.10 Å². The molecule has 1 aromatic heterocycles. The Bertz CT molecular complexity index is 765. The van der Waals surface area contributed by atoms with Crippen LogP contribution >= 0.6 is 0 Å². The lowest BCUT2D eigenvalue weighted by atomic mass is 10.0. The Kier molecular flexibility index (Phi) is 2.31. The molecule has 0 aliphatic rings. The van der Waals surface area contributed by atoms with Gasteiger partial charge in [-0.2, -0.15) is 5.26 Å². The van der Waals surface area contributed by atoms with Gasteiger partial charge in [-0.1, -0.05) is 41.6 Å². The molecule has 0 radical (unpaired) electrons. The highest BCUT2D eigenvalue weighted by molar-refractivity contribution is 5.91. The Hall–Kier alpha value is -2.67. The summed E-state index contributed by atoms with van der Waals surface area (Å²) >= 11 is 0. The molecule has 0 saturated heterocycles. The maximum atomic E-state index is 9.08. The van der Waals surface area contributed by atoms with E-state index in [9.17, 15) is 0 Å². The SMILES string of the molecule is Cc1ccc2ccccc2c1-n1nncc1C#N. The monoisotopic (exact) mass is 234 g/mol. The van der Waals surface area contributed by atoms with Crippen LogP contribution in [0.4, 0.5) is 0 Å². The van der Waals surface area contributed by atoms with Crippen molar-refractivity contribution in [2.24, 2.45) is 0 Å². The topological polar surface area (TPSA) is 54.5 Å². The average Bonchev–Trinajstić information content (AvgIpc) is 2.86. The first kappa shape index (κ1) is 10.5. The Morgan fingerprint density at radius 3 is 2.83 bits per heavy atom. The summed E-state index contributed by atoms with van der Waals surface area (Å²) in [7, 11) is 0. The normalized spacial score (nSPS) is 10.4. The van der Waals surface area contributed by atoms with E-state index >= 15 is 0 Å². The molecule has 0 amide bonds. The van der Waals surface area contributed by atoms with Gasteiger partial charge in [0.25, 0.3) is 0 Å². The number of aromatic nitrogens is 3.